The fourth-order valence-corrected chi connectivity index (χ4v) is 1.92. The van der Waals surface area contributed by atoms with E-state index in [1.807, 2.05) is 0 Å². The van der Waals surface area contributed by atoms with Gasteiger partial charge in [-0.05, 0) is 12.1 Å². The van der Waals surface area contributed by atoms with Crippen molar-refractivity contribution in [3.8, 4) is 0 Å². The van der Waals surface area contributed by atoms with Crippen LogP contribution < -0.4 is 5.32 Å². The zero-order valence-electron chi connectivity index (χ0n) is 11.0. The Hall–Kier alpha value is -2.18. The highest BCUT2D eigenvalue weighted by Gasteiger charge is 2.72. The first-order chi connectivity index (χ1) is 10.2. The molecule has 0 heterocycles. The number of nitrogens with one attached hydrogen (secondary N) is 1. The van der Waals surface area contributed by atoms with Gasteiger partial charge in [0.15, 0.2) is 0 Å². The first-order valence-corrected chi connectivity index (χ1v) is 6.21. The molecule has 22 heavy (non-hydrogen) atoms. The van der Waals surface area contributed by atoms with Crippen LogP contribution in [0, 0.1) is 0 Å². The molecule has 0 fully saturated rings. The molecule has 0 bridgehead atoms. The molecule has 0 aliphatic rings. The summed E-state index contributed by atoms with van der Waals surface area (Å²) in [5, 5.41) is 1.68. The average Bonchev–Trinajstić information content (AvgIpc) is 2.48. The van der Waals surface area contributed by atoms with Gasteiger partial charge < -0.3 is 5.32 Å². The molecular formula is C15H11F6N. The molecule has 0 spiro atoms. The number of halogens is 6. The molecule has 0 saturated heterocycles. The van der Waals surface area contributed by atoms with Crippen LogP contribution in [-0.2, 0) is 5.79 Å². The highest BCUT2D eigenvalue weighted by Crippen LogP contribution is 2.50. The number of hydrogen-bond acceptors (Lipinski definition) is 1. The van der Waals surface area contributed by atoms with Crippen LogP contribution in [0.2, 0.25) is 0 Å². The summed E-state index contributed by atoms with van der Waals surface area (Å²) < 4.78 is 80.5. The van der Waals surface area contributed by atoms with E-state index in [0.29, 0.717) is 0 Å². The van der Waals surface area contributed by atoms with Gasteiger partial charge >= 0.3 is 12.1 Å². The minimum atomic E-state index is -6.06. The van der Waals surface area contributed by atoms with Crippen molar-refractivity contribution in [1.82, 2.24) is 0 Å². The Morgan fingerprint density at radius 2 is 1.09 bits per heavy atom. The average molecular weight is 319 g/mol. The summed E-state index contributed by atoms with van der Waals surface area (Å²) >= 11 is 0. The van der Waals surface area contributed by atoms with Gasteiger partial charge in [-0.3, -0.25) is 0 Å². The summed E-state index contributed by atoms with van der Waals surface area (Å²) in [5.74, 6) is -9.76. The number of rotatable bonds is 4. The van der Waals surface area contributed by atoms with E-state index in [-0.39, 0.29) is 5.69 Å². The van der Waals surface area contributed by atoms with E-state index in [0.717, 1.165) is 12.1 Å². The second kappa shape index (κ2) is 5.55. The van der Waals surface area contributed by atoms with Crippen molar-refractivity contribution >= 4 is 5.69 Å². The SMILES string of the molecule is FC(F)(F)C(F)(F)C(F)(Nc1ccccc1)c1ccccc1. The van der Waals surface area contributed by atoms with Gasteiger partial charge in [-0.15, -0.1) is 0 Å². The van der Waals surface area contributed by atoms with Crippen molar-refractivity contribution in [3.63, 3.8) is 0 Å². The van der Waals surface area contributed by atoms with Crippen LogP contribution >= 0.6 is 0 Å². The maximum atomic E-state index is 14.9. The molecule has 2 aromatic carbocycles. The molecule has 2 rings (SSSR count). The Balaban J connectivity index is 2.55. The predicted octanol–water partition coefficient (Wildman–Crippen LogP) is 5.12. The van der Waals surface area contributed by atoms with Gasteiger partial charge in [-0.25, -0.2) is 4.39 Å². The Morgan fingerprint density at radius 1 is 0.636 bits per heavy atom. The summed E-state index contributed by atoms with van der Waals surface area (Å²) in [6.45, 7) is 0. The van der Waals surface area contributed by atoms with Gasteiger partial charge in [-0.2, -0.15) is 22.0 Å². The smallest absolute Gasteiger partial charge is 0.344 e. The van der Waals surface area contributed by atoms with Crippen molar-refractivity contribution < 1.29 is 26.3 Å². The molecule has 7 heteroatoms. The van der Waals surface area contributed by atoms with E-state index in [2.05, 4.69) is 0 Å². The molecule has 1 atom stereocenters. The molecular weight excluding hydrogens is 308 g/mol. The van der Waals surface area contributed by atoms with Crippen LogP contribution in [0.25, 0.3) is 0 Å². The largest absolute Gasteiger partial charge is 0.459 e. The summed E-state index contributed by atoms with van der Waals surface area (Å²) in [4.78, 5) is 0. The van der Waals surface area contributed by atoms with Gasteiger partial charge in [-0.1, -0.05) is 48.5 Å². The molecule has 0 amide bonds. The molecule has 0 aromatic heterocycles. The summed E-state index contributed by atoms with van der Waals surface area (Å²) in [5.41, 5.74) is -1.01. The van der Waals surface area contributed by atoms with E-state index in [1.165, 1.54) is 48.5 Å². The number of alkyl halides is 6. The van der Waals surface area contributed by atoms with Crippen LogP contribution in [0.15, 0.2) is 60.7 Å². The molecule has 0 aliphatic heterocycles. The number of benzene rings is 2. The quantitative estimate of drug-likeness (QED) is 0.609. The van der Waals surface area contributed by atoms with Crippen molar-refractivity contribution in [2.75, 3.05) is 5.32 Å². The minimum Gasteiger partial charge on any atom is -0.344 e. The monoisotopic (exact) mass is 319 g/mol. The normalized spacial score (nSPS) is 15.2. The zero-order chi connectivity index (χ0) is 16.4. The van der Waals surface area contributed by atoms with E-state index in [1.54, 1.807) is 5.32 Å². The summed E-state index contributed by atoms with van der Waals surface area (Å²) in [6.07, 6.45) is -6.06. The second-order valence-corrected chi connectivity index (χ2v) is 4.59. The van der Waals surface area contributed by atoms with Gasteiger partial charge in [0.25, 0.3) is 5.79 Å². The second-order valence-electron chi connectivity index (χ2n) is 4.59. The van der Waals surface area contributed by atoms with Crippen molar-refractivity contribution in [2.24, 2.45) is 0 Å². The lowest BCUT2D eigenvalue weighted by Gasteiger charge is -2.36. The number of anilines is 1. The molecule has 2 aromatic rings. The Bertz CT molecular complexity index is 611. The Morgan fingerprint density at radius 3 is 1.55 bits per heavy atom. The van der Waals surface area contributed by atoms with Gasteiger partial charge in [0.05, 0.1) is 0 Å². The number of para-hydroxylation sites is 1. The Kier molecular flexibility index (Phi) is 4.08. The zero-order valence-corrected chi connectivity index (χ0v) is 11.0. The summed E-state index contributed by atoms with van der Waals surface area (Å²) in [6, 6.07) is 12.2. The highest BCUT2D eigenvalue weighted by atomic mass is 19.4. The predicted molar refractivity (Wildman–Crippen MR) is 70.3 cm³/mol. The van der Waals surface area contributed by atoms with Crippen LogP contribution in [0.5, 0.6) is 0 Å². The third kappa shape index (κ3) is 2.75. The van der Waals surface area contributed by atoms with Crippen molar-refractivity contribution in [2.45, 2.75) is 17.9 Å². The lowest BCUT2D eigenvalue weighted by atomic mass is 9.96. The van der Waals surface area contributed by atoms with Crippen molar-refractivity contribution in [3.05, 3.63) is 66.2 Å². The third-order valence-electron chi connectivity index (χ3n) is 3.05. The standard InChI is InChI=1S/C15H11F6N/c16-13(11-7-3-1-4-8-11,14(17,18)15(19,20)21)22-12-9-5-2-6-10-12/h1-10,22H. The lowest BCUT2D eigenvalue weighted by Crippen LogP contribution is -2.56. The lowest BCUT2D eigenvalue weighted by molar-refractivity contribution is -0.325. The molecule has 1 unspecified atom stereocenters. The van der Waals surface area contributed by atoms with Crippen LogP contribution in [0.3, 0.4) is 0 Å². The maximum absolute atomic E-state index is 14.9. The molecule has 0 radical (unpaired) electrons. The highest BCUT2D eigenvalue weighted by molar-refractivity contribution is 5.48. The fourth-order valence-electron chi connectivity index (χ4n) is 1.92. The number of hydrogen-bond donors (Lipinski definition) is 1. The van der Waals surface area contributed by atoms with Crippen molar-refractivity contribution in [1.29, 1.82) is 0 Å². The molecule has 0 saturated carbocycles. The van der Waals surface area contributed by atoms with E-state index < -0.39 is 23.5 Å². The van der Waals surface area contributed by atoms with E-state index in [9.17, 15) is 26.3 Å². The fraction of sp³-hybridized carbons (Fsp3) is 0.200. The third-order valence-corrected chi connectivity index (χ3v) is 3.05. The van der Waals surface area contributed by atoms with Gasteiger partial charge in [0.2, 0.25) is 0 Å². The topological polar surface area (TPSA) is 12.0 Å². The maximum Gasteiger partial charge on any atom is 0.459 e. The Labute approximate surface area is 122 Å². The minimum absolute atomic E-state index is 0.197. The molecule has 118 valence electrons. The first kappa shape index (κ1) is 16.2. The van der Waals surface area contributed by atoms with Gasteiger partial charge in [0, 0.05) is 11.3 Å². The first-order valence-electron chi connectivity index (χ1n) is 6.21. The van der Waals surface area contributed by atoms with E-state index >= 15 is 0 Å². The van der Waals surface area contributed by atoms with Crippen LogP contribution in [0.4, 0.5) is 32.0 Å². The molecule has 1 nitrogen and oxygen atoms in total. The van der Waals surface area contributed by atoms with E-state index in [4.69, 9.17) is 0 Å². The summed E-state index contributed by atoms with van der Waals surface area (Å²) in [7, 11) is 0. The van der Waals surface area contributed by atoms with Crippen LogP contribution in [-0.4, -0.2) is 12.1 Å². The van der Waals surface area contributed by atoms with Gasteiger partial charge in [0.1, 0.15) is 0 Å². The molecule has 1 N–H and O–H groups in total. The molecule has 0 aliphatic carbocycles. The van der Waals surface area contributed by atoms with Crippen LogP contribution in [0.1, 0.15) is 5.56 Å².